The molecule has 0 aliphatic carbocycles. The largest absolute Gasteiger partial charge is 0.481 e. The fraction of sp³-hybridized carbons (Fsp3) is 0.259. The Morgan fingerprint density at radius 1 is 0.909 bits per heavy atom. The molecule has 2 rings (SSSR count). The minimum absolute atomic E-state index is 0.142. The van der Waals surface area contributed by atoms with E-state index < -0.39 is 12.6 Å². The van der Waals surface area contributed by atoms with Gasteiger partial charge in [-0.2, -0.15) is 0 Å². The molecule has 0 aliphatic rings. The second-order valence-corrected chi connectivity index (χ2v) is 7.00. The summed E-state index contributed by atoms with van der Waals surface area (Å²) >= 11 is 0. The van der Waals surface area contributed by atoms with Crippen molar-refractivity contribution < 1.29 is 28.9 Å². The first-order chi connectivity index (χ1) is 15.9. The van der Waals surface area contributed by atoms with E-state index in [1.165, 1.54) is 12.1 Å². The molecule has 6 nitrogen and oxygen atoms in total. The number of ketones is 1. The third-order valence-corrected chi connectivity index (χ3v) is 4.73. The quantitative estimate of drug-likeness (QED) is 0.228. The topological polar surface area (TPSA) is 82.1 Å². The monoisotopic (exact) mass is 450 g/mol. The van der Waals surface area contributed by atoms with Crippen molar-refractivity contribution in [1.82, 2.24) is 0 Å². The maximum Gasteiger partial charge on any atom is 0.341 e. The van der Waals surface area contributed by atoms with E-state index in [0.717, 1.165) is 23.5 Å². The Balaban J connectivity index is 2.33. The summed E-state index contributed by atoms with van der Waals surface area (Å²) in [6, 6.07) is 12.2. The smallest absolute Gasteiger partial charge is 0.341 e. The standard InChI is InChI=1S/C27H30O6/c1-5-20(6-2)32-22-14-15-23(26(17-22)31-18-27(29)30)24(28)16-13-19-11-9-10-12-25(19)33-21(7-3)8-4/h5,7,9-17H,6,8,18H2,1-4H3,(H,29,30). The Hall–Kier alpha value is -3.80. The highest BCUT2D eigenvalue weighted by Crippen LogP contribution is 2.28. The maximum absolute atomic E-state index is 13.0. The molecule has 0 unspecified atom stereocenters. The van der Waals surface area contributed by atoms with Crippen LogP contribution < -0.4 is 14.2 Å². The van der Waals surface area contributed by atoms with Gasteiger partial charge in [0, 0.05) is 24.5 Å². The number of allylic oxidation sites excluding steroid dienone is 5. The lowest BCUT2D eigenvalue weighted by molar-refractivity contribution is -0.139. The number of hydrogen-bond acceptors (Lipinski definition) is 5. The highest BCUT2D eigenvalue weighted by Gasteiger charge is 2.14. The third kappa shape index (κ3) is 7.68. The van der Waals surface area contributed by atoms with E-state index in [1.807, 2.05) is 64.1 Å². The van der Waals surface area contributed by atoms with Crippen molar-refractivity contribution in [2.24, 2.45) is 0 Å². The Morgan fingerprint density at radius 2 is 1.58 bits per heavy atom. The van der Waals surface area contributed by atoms with Crippen molar-refractivity contribution in [3.05, 3.63) is 83.3 Å². The van der Waals surface area contributed by atoms with Gasteiger partial charge in [0.15, 0.2) is 12.4 Å². The minimum atomic E-state index is -1.14. The number of ether oxygens (including phenoxy) is 3. The van der Waals surface area contributed by atoms with Crippen LogP contribution in [0.4, 0.5) is 0 Å². The molecule has 33 heavy (non-hydrogen) atoms. The molecule has 0 bridgehead atoms. The predicted molar refractivity (Wildman–Crippen MR) is 129 cm³/mol. The number of rotatable bonds is 12. The highest BCUT2D eigenvalue weighted by molar-refractivity contribution is 6.09. The summed E-state index contributed by atoms with van der Waals surface area (Å²) in [7, 11) is 0. The van der Waals surface area contributed by atoms with Crippen LogP contribution in [-0.2, 0) is 4.79 Å². The number of para-hydroxylation sites is 1. The molecule has 2 aromatic rings. The lowest BCUT2D eigenvalue weighted by Gasteiger charge is -2.13. The Labute approximate surface area is 194 Å². The second-order valence-electron chi connectivity index (χ2n) is 7.00. The molecule has 6 heteroatoms. The minimum Gasteiger partial charge on any atom is -0.481 e. The number of carboxylic acid groups (broad SMARTS) is 1. The van der Waals surface area contributed by atoms with Crippen LogP contribution in [0.15, 0.2) is 72.2 Å². The number of hydrogen-bond donors (Lipinski definition) is 1. The molecular weight excluding hydrogens is 420 g/mol. The SMILES string of the molecule is CC=C(CC)Oc1ccc(C(=O)C=Cc2ccccc2OC(=CC)CC)c(OCC(=O)O)c1. The van der Waals surface area contributed by atoms with Crippen LogP contribution >= 0.6 is 0 Å². The molecule has 0 saturated heterocycles. The van der Waals surface area contributed by atoms with E-state index in [1.54, 1.807) is 18.2 Å². The van der Waals surface area contributed by atoms with Crippen LogP contribution in [0.5, 0.6) is 17.2 Å². The van der Waals surface area contributed by atoms with Crippen LogP contribution in [0.25, 0.3) is 6.08 Å². The van der Waals surface area contributed by atoms with Crippen LogP contribution in [-0.4, -0.2) is 23.5 Å². The fourth-order valence-electron chi connectivity index (χ4n) is 2.96. The summed E-state index contributed by atoms with van der Waals surface area (Å²) in [5.74, 6) is 1.35. The molecule has 0 aromatic heterocycles. The normalized spacial score (nSPS) is 12.0. The molecule has 0 heterocycles. The molecule has 0 fully saturated rings. The van der Waals surface area contributed by atoms with Gasteiger partial charge in [-0.15, -0.1) is 0 Å². The number of carbonyl (C=O) groups is 2. The van der Waals surface area contributed by atoms with Gasteiger partial charge in [-0.1, -0.05) is 32.0 Å². The Morgan fingerprint density at radius 3 is 2.21 bits per heavy atom. The van der Waals surface area contributed by atoms with Crippen LogP contribution in [0.3, 0.4) is 0 Å². The van der Waals surface area contributed by atoms with Gasteiger partial charge >= 0.3 is 5.97 Å². The zero-order chi connectivity index (χ0) is 24.2. The van der Waals surface area contributed by atoms with E-state index in [0.29, 0.717) is 17.9 Å². The predicted octanol–water partition coefficient (Wildman–Crippen LogP) is 6.43. The van der Waals surface area contributed by atoms with Crippen molar-refractivity contribution >= 4 is 17.8 Å². The van der Waals surface area contributed by atoms with Gasteiger partial charge in [-0.3, -0.25) is 4.79 Å². The van der Waals surface area contributed by atoms with Gasteiger partial charge in [0.1, 0.15) is 17.2 Å². The van der Waals surface area contributed by atoms with Crippen molar-refractivity contribution in [2.75, 3.05) is 6.61 Å². The molecule has 2 aromatic carbocycles. The Kier molecular flexibility index (Phi) is 9.96. The van der Waals surface area contributed by atoms with E-state index in [4.69, 9.17) is 19.3 Å². The van der Waals surface area contributed by atoms with Gasteiger partial charge < -0.3 is 19.3 Å². The molecule has 174 valence electrons. The van der Waals surface area contributed by atoms with E-state index >= 15 is 0 Å². The van der Waals surface area contributed by atoms with E-state index in [-0.39, 0.29) is 17.1 Å². The van der Waals surface area contributed by atoms with Crippen molar-refractivity contribution in [2.45, 2.75) is 40.5 Å². The average molecular weight is 451 g/mol. The number of carbonyl (C=O) groups excluding carboxylic acids is 1. The first-order valence-corrected chi connectivity index (χ1v) is 10.9. The number of aliphatic carboxylic acids is 1. The van der Waals surface area contributed by atoms with Gasteiger partial charge in [-0.05, 0) is 56.4 Å². The molecule has 1 N–H and O–H groups in total. The zero-order valence-corrected chi connectivity index (χ0v) is 19.5. The highest BCUT2D eigenvalue weighted by atomic mass is 16.5. The van der Waals surface area contributed by atoms with Gasteiger partial charge in [0.25, 0.3) is 0 Å². The lowest BCUT2D eigenvalue weighted by atomic mass is 10.1. The van der Waals surface area contributed by atoms with Gasteiger partial charge in [-0.25, -0.2) is 4.79 Å². The average Bonchev–Trinajstić information content (AvgIpc) is 2.83. The van der Waals surface area contributed by atoms with E-state index in [2.05, 4.69) is 0 Å². The van der Waals surface area contributed by atoms with Crippen LogP contribution in [0, 0.1) is 0 Å². The van der Waals surface area contributed by atoms with Gasteiger partial charge in [0.2, 0.25) is 0 Å². The van der Waals surface area contributed by atoms with E-state index in [9.17, 15) is 9.59 Å². The molecule has 0 aliphatic heterocycles. The molecule has 0 radical (unpaired) electrons. The maximum atomic E-state index is 13.0. The summed E-state index contributed by atoms with van der Waals surface area (Å²) in [5, 5.41) is 9.01. The fourth-order valence-corrected chi connectivity index (χ4v) is 2.96. The zero-order valence-electron chi connectivity index (χ0n) is 19.5. The third-order valence-electron chi connectivity index (χ3n) is 4.73. The van der Waals surface area contributed by atoms with Crippen molar-refractivity contribution in [1.29, 1.82) is 0 Å². The second kappa shape index (κ2) is 12.9. The first kappa shape index (κ1) is 25.5. The summed E-state index contributed by atoms with van der Waals surface area (Å²) < 4.78 is 17.1. The van der Waals surface area contributed by atoms with Gasteiger partial charge in [0.05, 0.1) is 17.1 Å². The number of benzene rings is 2. The summed E-state index contributed by atoms with van der Waals surface area (Å²) in [4.78, 5) is 24.0. The first-order valence-electron chi connectivity index (χ1n) is 10.9. The molecule has 0 saturated carbocycles. The molecule has 0 amide bonds. The summed E-state index contributed by atoms with van der Waals surface area (Å²) in [6.45, 7) is 7.17. The lowest BCUT2D eigenvalue weighted by Crippen LogP contribution is -2.12. The van der Waals surface area contributed by atoms with Crippen LogP contribution in [0.1, 0.15) is 56.5 Å². The van der Waals surface area contributed by atoms with Crippen molar-refractivity contribution in [3.63, 3.8) is 0 Å². The molecular formula is C27H30O6. The van der Waals surface area contributed by atoms with Crippen molar-refractivity contribution in [3.8, 4) is 17.2 Å². The summed E-state index contributed by atoms with van der Waals surface area (Å²) in [5.41, 5.74) is 0.978. The van der Waals surface area contributed by atoms with Crippen LogP contribution in [0.2, 0.25) is 0 Å². The Bertz CT molecular complexity index is 1060. The summed E-state index contributed by atoms with van der Waals surface area (Å²) in [6.07, 6.45) is 8.27. The molecule has 0 atom stereocenters. The molecule has 0 spiro atoms. The number of carboxylic acids is 1.